The van der Waals surface area contributed by atoms with Crippen LogP contribution in [-0.4, -0.2) is 26.1 Å². The van der Waals surface area contributed by atoms with Crippen LogP contribution in [0.15, 0.2) is 41.9 Å². The maximum absolute atomic E-state index is 12.3. The zero-order valence-corrected chi connectivity index (χ0v) is 15.2. The largest absolute Gasteiger partial charge is 0.618 e. The van der Waals surface area contributed by atoms with Crippen LogP contribution in [0.25, 0.3) is 11.1 Å². The van der Waals surface area contributed by atoms with E-state index >= 15 is 0 Å². The van der Waals surface area contributed by atoms with E-state index in [0.29, 0.717) is 16.0 Å². The second-order valence-electron chi connectivity index (χ2n) is 6.39. The molecule has 2 aromatic rings. The van der Waals surface area contributed by atoms with Crippen LogP contribution in [0, 0.1) is 19.1 Å². The summed E-state index contributed by atoms with van der Waals surface area (Å²) < 4.78 is 23.3. The smallest absolute Gasteiger partial charge is 0.317 e. The third-order valence-electron chi connectivity index (χ3n) is 4.38. The molecular formula is C18H19N3O4S. The Hall–Kier alpha value is -2.87. The zero-order valence-electron chi connectivity index (χ0n) is 14.4. The van der Waals surface area contributed by atoms with Gasteiger partial charge in [0, 0.05) is 11.5 Å². The molecule has 3 N–H and O–H groups in total. The van der Waals surface area contributed by atoms with E-state index in [9.17, 15) is 18.4 Å². The summed E-state index contributed by atoms with van der Waals surface area (Å²) in [6.07, 6.45) is 2.64. The highest BCUT2D eigenvalue weighted by Crippen LogP contribution is 2.26. The van der Waals surface area contributed by atoms with Crippen molar-refractivity contribution in [2.45, 2.75) is 19.9 Å². The van der Waals surface area contributed by atoms with Gasteiger partial charge < -0.3 is 16.3 Å². The number of nitrogens with one attached hydrogen (secondary N) is 1. The monoisotopic (exact) mass is 373 g/mol. The molecule has 0 bridgehead atoms. The Bertz CT molecular complexity index is 1030. The fourth-order valence-electron chi connectivity index (χ4n) is 2.77. The van der Waals surface area contributed by atoms with Crippen LogP contribution in [0.4, 0.5) is 5.69 Å². The van der Waals surface area contributed by atoms with E-state index in [-0.39, 0.29) is 11.4 Å². The molecule has 0 radical (unpaired) electrons. The molecule has 7 nitrogen and oxygen atoms in total. The maximum atomic E-state index is 12.3. The van der Waals surface area contributed by atoms with Crippen molar-refractivity contribution in [3.63, 3.8) is 0 Å². The number of nitrogens with two attached hydrogens (primary N) is 1. The molecule has 0 saturated heterocycles. The number of sulfone groups is 1. The summed E-state index contributed by atoms with van der Waals surface area (Å²) in [4.78, 5) is 12.3. The van der Waals surface area contributed by atoms with Crippen LogP contribution >= 0.6 is 0 Å². The summed E-state index contributed by atoms with van der Waals surface area (Å²) in [5.74, 6) is -0.890. The predicted octanol–water partition coefficient (Wildman–Crippen LogP) is 1.23. The van der Waals surface area contributed by atoms with Crippen molar-refractivity contribution >= 4 is 21.4 Å². The molecular weight excluding hydrogens is 354 g/mol. The molecule has 1 amide bonds. The molecule has 1 atom stereocenters. The van der Waals surface area contributed by atoms with E-state index in [4.69, 9.17) is 5.73 Å². The van der Waals surface area contributed by atoms with E-state index < -0.39 is 21.8 Å². The van der Waals surface area contributed by atoms with Gasteiger partial charge in [0.25, 0.3) is 5.69 Å². The van der Waals surface area contributed by atoms with Crippen molar-refractivity contribution in [1.82, 2.24) is 5.32 Å². The molecule has 1 unspecified atom stereocenters. The minimum absolute atomic E-state index is 0.187. The summed E-state index contributed by atoms with van der Waals surface area (Å²) in [5.41, 5.74) is 9.66. The first kappa shape index (κ1) is 17.9. The van der Waals surface area contributed by atoms with Crippen LogP contribution in [0.1, 0.15) is 21.6 Å². The second-order valence-corrected chi connectivity index (χ2v) is 8.32. The van der Waals surface area contributed by atoms with Gasteiger partial charge in [0.05, 0.1) is 23.0 Å². The lowest BCUT2D eigenvalue weighted by Crippen LogP contribution is -2.43. The van der Waals surface area contributed by atoms with Crippen LogP contribution in [0.3, 0.4) is 0 Å². The van der Waals surface area contributed by atoms with Crippen molar-refractivity contribution in [2.24, 2.45) is 0 Å². The average molecular weight is 373 g/mol. The van der Waals surface area contributed by atoms with E-state index in [1.165, 1.54) is 18.3 Å². The van der Waals surface area contributed by atoms with Gasteiger partial charge in [-0.15, -0.1) is 0 Å². The second kappa shape index (κ2) is 6.45. The van der Waals surface area contributed by atoms with Crippen molar-refractivity contribution in [2.75, 3.05) is 11.5 Å². The normalized spacial score (nSPS) is 18.0. The van der Waals surface area contributed by atoms with Crippen molar-refractivity contribution < 1.29 is 17.9 Å². The first-order chi connectivity index (χ1) is 12.2. The average Bonchev–Trinajstić information content (AvgIpc) is 2.90. The van der Waals surface area contributed by atoms with Gasteiger partial charge in [0.2, 0.25) is 0 Å². The first-order valence-corrected chi connectivity index (χ1v) is 9.70. The molecule has 0 fully saturated rings. The molecule has 1 aromatic carbocycles. The lowest BCUT2D eigenvalue weighted by molar-refractivity contribution is -0.607. The summed E-state index contributed by atoms with van der Waals surface area (Å²) in [7, 11) is -3.30. The molecule has 1 aliphatic rings. The van der Waals surface area contributed by atoms with Gasteiger partial charge in [-0.25, -0.2) is 8.42 Å². The lowest BCUT2D eigenvalue weighted by atomic mass is 10.0. The molecule has 3 rings (SSSR count). The molecule has 0 aliphatic carbocycles. The van der Waals surface area contributed by atoms with Crippen molar-refractivity contribution in [3.05, 3.63) is 64.0 Å². The highest BCUT2D eigenvalue weighted by atomic mass is 32.2. The molecule has 0 spiro atoms. The zero-order chi connectivity index (χ0) is 19.1. The maximum Gasteiger partial charge on any atom is 0.317 e. The van der Waals surface area contributed by atoms with Gasteiger partial charge >= 0.3 is 5.91 Å². The molecule has 26 heavy (non-hydrogen) atoms. The van der Waals surface area contributed by atoms with Crippen LogP contribution in [0.5, 0.6) is 0 Å². The number of amides is 1. The number of hydrogen-bond acceptors (Lipinski definition) is 5. The highest BCUT2D eigenvalue weighted by molar-refractivity contribution is 7.94. The lowest BCUT2D eigenvalue weighted by Gasteiger charge is -2.13. The van der Waals surface area contributed by atoms with E-state index in [1.54, 1.807) is 0 Å². The molecule has 0 saturated carbocycles. The quantitative estimate of drug-likeness (QED) is 0.620. The number of carbonyl (C=O) groups is 1. The summed E-state index contributed by atoms with van der Waals surface area (Å²) in [5, 5.41) is 15.9. The van der Waals surface area contributed by atoms with Gasteiger partial charge in [-0.05, 0) is 36.6 Å². The Morgan fingerprint density at radius 3 is 2.62 bits per heavy atom. The number of anilines is 1. The Balaban J connectivity index is 1.88. The summed E-state index contributed by atoms with van der Waals surface area (Å²) >= 11 is 0. The molecule has 8 heteroatoms. The Kier molecular flexibility index (Phi) is 4.45. The third kappa shape index (κ3) is 3.55. The van der Waals surface area contributed by atoms with Gasteiger partial charge in [0.15, 0.2) is 16.0 Å². The minimum atomic E-state index is -3.30. The number of aryl methyl sites for hydroxylation is 2. The van der Waals surface area contributed by atoms with Crippen molar-refractivity contribution in [1.29, 1.82) is 0 Å². The number of nitrogen functional groups attached to an aromatic ring is 1. The topological polar surface area (TPSA) is 116 Å². The van der Waals surface area contributed by atoms with Crippen LogP contribution in [-0.2, 0) is 9.84 Å². The molecule has 2 heterocycles. The molecule has 1 aliphatic heterocycles. The van der Waals surface area contributed by atoms with Crippen LogP contribution < -0.4 is 15.8 Å². The van der Waals surface area contributed by atoms with Crippen molar-refractivity contribution in [3.8, 4) is 11.1 Å². The predicted molar refractivity (Wildman–Crippen MR) is 98.9 cm³/mol. The van der Waals surface area contributed by atoms with E-state index in [2.05, 4.69) is 5.32 Å². The fourth-order valence-corrected chi connectivity index (χ4v) is 4.01. The Morgan fingerprint density at radius 2 is 2.00 bits per heavy atom. The van der Waals surface area contributed by atoms with Crippen LogP contribution in [0.2, 0.25) is 0 Å². The Labute approximate surface area is 151 Å². The number of nitrogens with zero attached hydrogens (tertiary/aromatic N) is 1. The van der Waals surface area contributed by atoms with Gasteiger partial charge in [0.1, 0.15) is 0 Å². The SMILES string of the molecule is Cc1ccc(-c2c[n+]([O-])c(C(=O)NC3C=CS(=O)(=O)C3)cc2N)cc1C. The number of pyridine rings is 1. The minimum Gasteiger partial charge on any atom is -0.618 e. The third-order valence-corrected chi connectivity index (χ3v) is 5.78. The number of carbonyl (C=O) groups excluding carboxylic acids is 1. The first-order valence-electron chi connectivity index (χ1n) is 7.98. The van der Waals surface area contributed by atoms with Gasteiger partial charge in [-0.1, -0.05) is 18.2 Å². The standard InChI is InChI=1S/C18H19N3O4S/c1-11-3-4-13(7-12(11)2)15-9-21(23)17(8-16(15)19)18(22)20-14-5-6-26(24,25)10-14/h3-9,14H,10,19H2,1-2H3,(H,20,22). The van der Waals surface area contributed by atoms with E-state index in [0.717, 1.165) is 22.1 Å². The highest BCUT2D eigenvalue weighted by Gasteiger charge is 2.27. The number of hydrogen-bond donors (Lipinski definition) is 2. The molecule has 136 valence electrons. The number of aromatic nitrogens is 1. The summed E-state index contributed by atoms with van der Waals surface area (Å²) in [6, 6.07) is 6.37. The van der Waals surface area contributed by atoms with E-state index in [1.807, 2.05) is 32.0 Å². The number of rotatable bonds is 3. The number of benzene rings is 1. The van der Waals surface area contributed by atoms with Gasteiger partial charge in [-0.2, -0.15) is 4.73 Å². The summed E-state index contributed by atoms with van der Waals surface area (Å²) in [6.45, 7) is 3.95. The Morgan fingerprint density at radius 1 is 1.27 bits per heavy atom. The fraction of sp³-hybridized carbons (Fsp3) is 0.222. The molecule has 1 aromatic heterocycles. The van der Waals surface area contributed by atoms with Gasteiger partial charge in [-0.3, -0.25) is 4.79 Å².